The highest BCUT2D eigenvalue weighted by atomic mass is 32.1. The molecule has 1 atom stereocenters. The molecule has 0 fully saturated rings. The maximum atomic E-state index is 14.6. The molecule has 1 aliphatic rings. The molecule has 1 aromatic heterocycles. The van der Waals surface area contributed by atoms with Crippen LogP contribution in [0.15, 0.2) is 81.7 Å². The third kappa shape index (κ3) is 6.34. The van der Waals surface area contributed by atoms with Crippen LogP contribution in [0.1, 0.15) is 31.0 Å². The monoisotopic (exact) mass is 640 g/mol. The molecule has 3 aromatic carbocycles. The molecule has 0 saturated carbocycles. The van der Waals surface area contributed by atoms with Crippen molar-refractivity contribution in [3.05, 3.63) is 103 Å². The van der Waals surface area contributed by atoms with E-state index in [0.717, 1.165) is 15.9 Å². The summed E-state index contributed by atoms with van der Waals surface area (Å²) in [6.45, 7) is 2.89. The fourth-order valence-electron chi connectivity index (χ4n) is 5.01. The number of alkyl halides is 3. The second-order valence-corrected chi connectivity index (χ2v) is 10.6. The number of carbonyl (C=O) groups excluding carboxylic acids is 2. The van der Waals surface area contributed by atoms with Crippen LogP contribution in [0.3, 0.4) is 0 Å². The number of ether oxygens (including phenoxy) is 4. The van der Waals surface area contributed by atoms with Gasteiger partial charge < -0.3 is 18.9 Å². The van der Waals surface area contributed by atoms with E-state index in [1.807, 2.05) is 0 Å². The first-order valence-corrected chi connectivity index (χ1v) is 14.6. The van der Waals surface area contributed by atoms with Crippen LogP contribution in [0.5, 0.6) is 11.5 Å². The lowest BCUT2D eigenvalue weighted by molar-refractivity contribution is -0.145. The Hall–Kier alpha value is -4.91. The van der Waals surface area contributed by atoms with Gasteiger partial charge in [-0.25, -0.2) is 14.6 Å². The van der Waals surface area contributed by atoms with Crippen molar-refractivity contribution in [2.24, 2.45) is 4.99 Å². The SMILES string of the molecule is CCOC(=O)COc1ccc(/C=c2\sc3n(c2=O)[C@@H](c2c(OC)ccc4ccccc24)C(C(=O)OCC)=C(C(F)(F)F)N=3)cc1. The van der Waals surface area contributed by atoms with Crippen molar-refractivity contribution < 1.29 is 41.7 Å². The number of hydrogen-bond donors (Lipinski definition) is 0. The van der Waals surface area contributed by atoms with E-state index in [1.165, 1.54) is 20.1 Å². The molecule has 0 bridgehead atoms. The lowest BCUT2D eigenvalue weighted by Gasteiger charge is -2.28. The molecule has 1 aliphatic heterocycles. The van der Waals surface area contributed by atoms with Gasteiger partial charge >= 0.3 is 18.1 Å². The summed E-state index contributed by atoms with van der Waals surface area (Å²) in [5.41, 5.74) is -2.21. The lowest BCUT2D eigenvalue weighted by Crippen LogP contribution is -2.41. The van der Waals surface area contributed by atoms with E-state index in [9.17, 15) is 27.6 Å². The van der Waals surface area contributed by atoms with E-state index in [4.69, 9.17) is 18.9 Å². The Kier molecular flexibility index (Phi) is 9.09. The van der Waals surface area contributed by atoms with E-state index in [-0.39, 0.29) is 40.5 Å². The van der Waals surface area contributed by atoms with E-state index >= 15 is 0 Å². The van der Waals surface area contributed by atoms with Crippen LogP contribution in [-0.2, 0) is 19.1 Å². The summed E-state index contributed by atoms with van der Waals surface area (Å²) >= 11 is 0.754. The summed E-state index contributed by atoms with van der Waals surface area (Å²) in [4.78, 5) is 42.5. The average molecular weight is 641 g/mol. The van der Waals surface area contributed by atoms with Crippen LogP contribution in [0.4, 0.5) is 13.2 Å². The minimum Gasteiger partial charge on any atom is -0.496 e. The van der Waals surface area contributed by atoms with Crippen LogP contribution in [0, 0.1) is 0 Å². The summed E-state index contributed by atoms with van der Waals surface area (Å²) in [7, 11) is 1.36. The van der Waals surface area contributed by atoms with Gasteiger partial charge in [0, 0.05) is 5.56 Å². The fraction of sp³-hybridized carbons (Fsp3) is 0.250. The molecule has 0 saturated heterocycles. The van der Waals surface area contributed by atoms with Gasteiger partial charge in [-0.1, -0.05) is 53.8 Å². The predicted octanol–water partition coefficient (Wildman–Crippen LogP) is 4.44. The second kappa shape index (κ2) is 13.0. The van der Waals surface area contributed by atoms with Gasteiger partial charge in [0.25, 0.3) is 5.56 Å². The molecule has 13 heteroatoms. The number of methoxy groups -OCH3 is 1. The van der Waals surface area contributed by atoms with E-state index in [1.54, 1.807) is 67.6 Å². The Labute approximate surface area is 258 Å². The number of allylic oxidation sites excluding steroid dienone is 1. The molecule has 0 unspecified atom stereocenters. The smallest absolute Gasteiger partial charge is 0.434 e. The Morgan fingerprint density at radius 3 is 2.38 bits per heavy atom. The van der Waals surface area contributed by atoms with Gasteiger partial charge in [-0.05, 0) is 54.5 Å². The van der Waals surface area contributed by atoms with Gasteiger partial charge in [0.1, 0.15) is 17.5 Å². The third-order valence-corrected chi connectivity index (χ3v) is 7.84. The standard InChI is InChI=1S/C32H27F3N2O7S/c1-4-42-24(38)17-44-20-13-10-18(11-14-20)16-23-29(39)37-27(25-21-9-7-6-8-19(21)12-15-22(25)41-3)26(30(40)43-5-2)28(32(33,34)35)36-31(37)45-23/h6-16,27H,4-5,17H2,1-3H3/b23-16-/t27-/m0/s1. The largest absolute Gasteiger partial charge is 0.496 e. The van der Waals surface area contributed by atoms with Gasteiger partial charge in [0.05, 0.1) is 30.4 Å². The molecule has 0 N–H and O–H groups in total. The molecule has 234 valence electrons. The van der Waals surface area contributed by atoms with Gasteiger partial charge in [-0.2, -0.15) is 13.2 Å². The highest BCUT2D eigenvalue weighted by Gasteiger charge is 2.46. The van der Waals surface area contributed by atoms with Gasteiger partial charge in [0.15, 0.2) is 17.1 Å². The van der Waals surface area contributed by atoms with Gasteiger partial charge in [-0.15, -0.1) is 0 Å². The molecule has 0 radical (unpaired) electrons. The van der Waals surface area contributed by atoms with Crippen molar-refractivity contribution >= 4 is 40.1 Å². The third-order valence-electron chi connectivity index (χ3n) is 6.86. The van der Waals surface area contributed by atoms with Crippen LogP contribution >= 0.6 is 11.3 Å². The normalized spacial score (nSPS) is 15.0. The summed E-state index contributed by atoms with van der Waals surface area (Å²) in [5.74, 6) is -1.22. The number of halogens is 3. The van der Waals surface area contributed by atoms with Gasteiger partial charge in [0.2, 0.25) is 0 Å². The van der Waals surface area contributed by atoms with Gasteiger partial charge in [-0.3, -0.25) is 9.36 Å². The van der Waals surface area contributed by atoms with Crippen molar-refractivity contribution in [2.45, 2.75) is 26.1 Å². The number of esters is 2. The summed E-state index contributed by atoms with van der Waals surface area (Å²) in [5, 5.41) is 1.15. The van der Waals surface area contributed by atoms with Crippen molar-refractivity contribution in [1.82, 2.24) is 4.57 Å². The molecular formula is C32H27F3N2O7S. The lowest BCUT2D eigenvalue weighted by atomic mass is 9.90. The second-order valence-electron chi connectivity index (χ2n) is 9.63. The van der Waals surface area contributed by atoms with Crippen molar-refractivity contribution in [3.8, 4) is 11.5 Å². The predicted molar refractivity (Wildman–Crippen MR) is 160 cm³/mol. The van der Waals surface area contributed by atoms with Crippen LogP contribution in [-0.4, -0.2) is 49.6 Å². The first-order valence-electron chi connectivity index (χ1n) is 13.8. The van der Waals surface area contributed by atoms with Crippen LogP contribution in [0.2, 0.25) is 0 Å². The molecule has 2 heterocycles. The Balaban J connectivity index is 1.72. The maximum Gasteiger partial charge on any atom is 0.434 e. The minimum absolute atomic E-state index is 0.0739. The highest BCUT2D eigenvalue weighted by molar-refractivity contribution is 7.07. The quantitative estimate of drug-likeness (QED) is 0.249. The van der Waals surface area contributed by atoms with Crippen molar-refractivity contribution in [2.75, 3.05) is 26.9 Å². The number of hydrogen-bond acceptors (Lipinski definition) is 9. The number of nitrogens with zero attached hydrogens (tertiary/aromatic N) is 2. The molecule has 5 rings (SSSR count). The Morgan fingerprint density at radius 2 is 1.71 bits per heavy atom. The zero-order valence-corrected chi connectivity index (χ0v) is 25.2. The fourth-order valence-corrected chi connectivity index (χ4v) is 6.01. The topological polar surface area (TPSA) is 105 Å². The van der Waals surface area contributed by atoms with E-state index in [0.29, 0.717) is 22.1 Å². The Bertz CT molecular complexity index is 1980. The molecule has 4 aromatic rings. The molecular weight excluding hydrogens is 613 g/mol. The van der Waals surface area contributed by atoms with Crippen LogP contribution < -0.4 is 24.4 Å². The zero-order chi connectivity index (χ0) is 32.3. The number of rotatable bonds is 9. The molecule has 9 nitrogen and oxygen atoms in total. The Morgan fingerprint density at radius 1 is 1.00 bits per heavy atom. The summed E-state index contributed by atoms with van der Waals surface area (Å²) < 4.78 is 65.9. The number of carbonyl (C=O) groups is 2. The first kappa shape index (κ1) is 31.5. The van der Waals surface area contributed by atoms with E-state index < -0.39 is 41.0 Å². The number of thiazole rings is 1. The zero-order valence-electron chi connectivity index (χ0n) is 24.3. The first-order chi connectivity index (χ1) is 21.6. The average Bonchev–Trinajstić information content (AvgIpc) is 3.33. The molecule has 0 aliphatic carbocycles. The summed E-state index contributed by atoms with van der Waals surface area (Å²) in [6.07, 6.45) is -3.55. The van der Waals surface area contributed by atoms with E-state index in [2.05, 4.69) is 4.99 Å². The minimum atomic E-state index is -5.05. The van der Waals surface area contributed by atoms with Crippen LogP contribution in [0.25, 0.3) is 16.8 Å². The molecule has 0 spiro atoms. The van der Waals surface area contributed by atoms with Crippen molar-refractivity contribution in [3.63, 3.8) is 0 Å². The summed E-state index contributed by atoms with van der Waals surface area (Å²) in [6, 6.07) is 15.1. The van der Waals surface area contributed by atoms with Crippen molar-refractivity contribution in [1.29, 1.82) is 0 Å². The molecule has 45 heavy (non-hydrogen) atoms. The molecule has 0 amide bonds. The maximum absolute atomic E-state index is 14.6. The number of benzene rings is 3. The number of aromatic nitrogens is 1. The highest BCUT2D eigenvalue weighted by Crippen LogP contribution is 2.43. The number of fused-ring (bicyclic) bond motifs is 2.